The highest BCUT2D eigenvalue weighted by Gasteiger charge is 2.26. The quantitative estimate of drug-likeness (QED) is 0.840. The van der Waals surface area contributed by atoms with Crippen LogP contribution in [0.15, 0.2) is 0 Å². The molecule has 5 nitrogen and oxygen atoms in total. The third-order valence-electron chi connectivity index (χ3n) is 5.04. The van der Waals surface area contributed by atoms with Crippen LogP contribution >= 0.6 is 11.3 Å². The number of aromatic nitrogens is 2. The number of nitrogens with zero attached hydrogens (tertiary/aromatic N) is 3. The van der Waals surface area contributed by atoms with E-state index in [2.05, 4.69) is 9.88 Å². The summed E-state index contributed by atoms with van der Waals surface area (Å²) >= 11 is 1.82. The molecule has 0 N–H and O–H groups in total. The molecule has 0 atom stereocenters. The molecule has 0 aromatic carbocycles. The summed E-state index contributed by atoms with van der Waals surface area (Å²) in [6.07, 6.45) is 6.04. The molecule has 2 aromatic heterocycles. The molecule has 2 aliphatic rings. The SMILES string of the molecule is Cc1nc(N2CCC(C(=O)[O-])CC2)c2c3c(sc2n1)CCCC3. The van der Waals surface area contributed by atoms with Gasteiger partial charge in [0.05, 0.1) is 5.39 Å². The highest BCUT2D eigenvalue weighted by atomic mass is 32.1. The molecular weight excluding hydrogens is 310 g/mol. The fourth-order valence-corrected chi connectivity index (χ4v) is 5.10. The van der Waals surface area contributed by atoms with Crippen molar-refractivity contribution in [3.63, 3.8) is 0 Å². The van der Waals surface area contributed by atoms with Gasteiger partial charge in [-0.15, -0.1) is 11.3 Å². The molecule has 0 unspecified atom stereocenters. The van der Waals surface area contributed by atoms with Crippen molar-refractivity contribution in [3.05, 3.63) is 16.3 Å². The molecule has 0 bridgehead atoms. The molecule has 23 heavy (non-hydrogen) atoms. The standard InChI is InChI=1S/C17H21N3O2S/c1-10-18-15(20-8-6-11(7-9-20)17(21)22)14-12-4-2-3-5-13(12)23-16(14)19-10/h11H,2-9H2,1H3,(H,21,22)/p-1. The number of anilines is 1. The molecule has 1 aliphatic carbocycles. The number of thiophene rings is 1. The maximum atomic E-state index is 11.1. The van der Waals surface area contributed by atoms with Crippen LogP contribution in [-0.4, -0.2) is 29.0 Å². The maximum Gasteiger partial charge on any atom is 0.141 e. The van der Waals surface area contributed by atoms with E-state index in [9.17, 15) is 9.90 Å². The zero-order chi connectivity index (χ0) is 16.0. The van der Waals surface area contributed by atoms with Crippen molar-refractivity contribution < 1.29 is 9.90 Å². The van der Waals surface area contributed by atoms with Gasteiger partial charge in [-0.3, -0.25) is 0 Å². The van der Waals surface area contributed by atoms with Gasteiger partial charge < -0.3 is 14.8 Å². The van der Waals surface area contributed by atoms with E-state index in [1.807, 2.05) is 18.3 Å². The summed E-state index contributed by atoms with van der Waals surface area (Å²) in [5.74, 6) is 0.583. The minimum Gasteiger partial charge on any atom is -0.550 e. The van der Waals surface area contributed by atoms with Gasteiger partial charge in [-0.05, 0) is 51.0 Å². The van der Waals surface area contributed by atoms with Gasteiger partial charge in [0.1, 0.15) is 16.5 Å². The molecule has 1 aliphatic heterocycles. The monoisotopic (exact) mass is 330 g/mol. The molecule has 4 rings (SSSR count). The number of carboxylic acids is 1. The van der Waals surface area contributed by atoms with E-state index in [0.717, 1.165) is 42.4 Å². The van der Waals surface area contributed by atoms with Crippen LogP contribution in [0.5, 0.6) is 0 Å². The summed E-state index contributed by atoms with van der Waals surface area (Å²) in [7, 11) is 0. The number of hydrogen-bond acceptors (Lipinski definition) is 6. The number of carbonyl (C=O) groups is 1. The van der Waals surface area contributed by atoms with Gasteiger partial charge in [-0.2, -0.15) is 0 Å². The van der Waals surface area contributed by atoms with E-state index in [-0.39, 0.29) is 5.92 Å². The molecule has 1 saturated heterocycles. The summed E-state index contributed by atoms with van der Waals surface area (Å²) in [6.45, 7) is 3.40. The lowest BCUT2D eigenvalue weighted by molar-refractivity contribution is -0.312. The Morgan fingerprint density at radius 1 is 1.22 bits per heavy atom. The van der Waals surface area contributed by atoms with Crippen LogP contribution in [0, 0.1) is 12.8 Å². The highest BCUT2D eigenvalue weighted by Crippen LogP contribution is 2.40. The topological polar surface area (TPSA) is 69.2 Å². The predicted molar refractivity (Wildman–Crippen MR) is 88.7 cm³/mol. The van der Waals surface area contributed by atoms with Crippen LogP contribution in [0.3, 0.4) is 0 Å². The van der Waals surface area contributed by atoms with Crippen molar-refractivity contribution in [1.29, 1.82) is 0 Å². The van der Waals surface area contributed by atoms with Gasteiger partial charge in [-0.25, -0.2) is 9.97 Å². The van der Waals surface area contributed by atoms with E-state index in [4.69, 9.17) is 4.98 Å². The second-order valence-corrected chi connectivity index (χ2v) is 7.65. The van der Waals surface area contributed by atoms with Crippen molar-refractivity contribution in [2.24, 2.45) is 5.92 Å². The Kier molecular flexibility index (Phi) is 3.71. The second kappa shape index (κ2) is 5.74. The fraction of sp³-hybridized carbons (Fsp3) is 0.588. The van der Waals surface area contributed by atoms with Gasteiger partial charge in [0.2, 0.25) is 0 Å². The van der Waals surface area contributed by atoms with Gasteiger partial charge in [0, 0.05) is 29.9 Å². The Morgan fingerprint density at radius 3 is 2.70 bits per heavy atom. The average molecular weight is 330 g/mol. The van der Waals surface area contributed by atoms with Crippen LogP contribution in [0.1, 0.15) is 41.9 Å². The summed E-state index contributed by atoms with van der Waals surface area (Å²) in [5.41, 5.74) is 1.44. The molecule has 0 radical (unpaired) electrons. The zero-order valence-corrected chi connectivity index (χ0v) is 14.1. The molecule has 0 saturated carbocycles. The van der Waals surface area contributed by atoms with Crippen LogP contribution in [-0.2, 0) is 17.6 Å². The summed E-state index contributed by atoms with van der Waals surface area (Å²) < 4.78 is 0. The lowest BCUT2D eigenvalue weighted by atomic mass is 9.95. The van der Waals surface area contributed by atoms with Gasteiger partial charge in [-0.1, -0.05) is 0 Å². The number of piperidine rings is 1. The number of carboxylic acid groups (broad SMARTS) is 1. The third-order valence-corrected chi connectivity index (χ3v) is 6.22. The Morgan fingerprint density at radius 2 is 1.96 bits per heavy atom. The van der Waals surface area contributed by atoms with Crippen molar-refractivity contribution >= 4 is 33.3 Å². The number of rotatable bonds is 2. The first-order valence-corrected chi connectivity index (χ1v) is 9.20. The third kappa shape index (κ3) is 2.59. The second-order valence-electron chi connectivity index (χ2n) is 6.57. The normalized spacial score (nSPS) is 19.1. The van der Waals surface area contributed by atoms with E-state index in [1.54, 1.807) is 0 Å². The lowest BCUT2D eigenvalue weighted by Gasteiger charge is -2.33. The fourth-order valence-electron chi connectivity index (χ4n) is 3.80. The van der Waals surface area contributed by atoms with Gasteiger partial charge in [0.25, 0.3) is 0 Å². The van der Waals surface area contributed by atoms with Crippen molar-refractivity contribution in [3.8, 4) is 0 Å². The molecule has 0 amide bonds. The highest BCUT2D eigenvalue weighted by molar-refractivity contribution is 7.19. The summed E-state index contributed by atoms with van der Waals surface area (Å²) in [4.78, 5) is 25.3. The minimum absolute atomic E-state index is 0.318. The van der Waals surface area contributed by atoms with Crippen LogP contribution in [0.25, 0.3) is 10.2 Å². The Hall–Kier alpha value is -1.69. The summed E-state index contributed by atoms with van der Waals surface area (Å²) in [5, 5.41) is 12.3. The van der Waals surface area contributed by atoms with Gasteiger partial charge >= 0.3 is 0 Å². The number of carbonyl (C=O) groups excluding carboxylic acids is 1. The van der Waals surface area contributed by atoms with Crippen LogP contribution < -0.4 is 10.0 Å². The maximum absolute atomic E-state index is 11.1. The zero-order valence-electron chi connectivity index (χ0n) is 13.3. The first-order chi connectivity index (χ1) is 11.1. The number of aryl methyl sites for hydroxylation is 3. The number of hydrogen-bond donors (Lipinski definition) is 0. The van der Waals surface area contributed by atoms with E-state index >= 15 is 0 Å². The number of aliphatic carboxylic acids is 1. The van der Waals surface area contributed by atoms with Crippen LogP contribution in [0.4, 0.5) is 5.82 Å². The molecule has 2 aromatic rings. The minimum atomic E-state index is -0.915. The predicted octanol–water partition coefficient (Wildman–Crippen LogP) is 1.84. The van der Waals surface area contributed by atoms with Crippen LogP contribution in [0.2, 0.25) is 0 Å². The number of fused-ring (bicyclic) bond motifs is 3. The van der Waals surface area contributed by atoms with E-state index in [0.29, 0.717) is 12.8 Å². The molecule has 6 heteroatoms. The molecule has 0 spiro atoms. The Balaban J connectivity index is 1.74. The van der Waals surface area contributed by atoms with Crippen molar-refractivity contribution in [1.82, 2.24) is 9.97 Å². The molecular formula is C17H20N3O2S-. The summed E-state index contributed by atoms with van der Waals surface area (Å²) in [6, 6.07) is 0. The Labute approximate surface area is 139 Å². The first kappa shape index (κ1) is 14.9. The molecule has 122 valence electrons. The van der Waals surface area contributed by atoms with Crippen molar-refractivity contribution in [2.75, 3.05) is 18.0 Å². The lowest BCUT2D eigenvalue weighted by Crippen LogP contribution is -2.41. The largest absolute Gasteiger partial charge is 0.550 e. The molecule has 3 heterocycles. The average Bonchev–Trinajstić information content (AvgIpc) is 2.92. The smallest absolute Gasteiger partial charge is 0.141 e. The van der Waals surface area contributed by atoms with E-state index < -0.39 is 5.97 Å². The Bertz CT molecular complexity index is 763. The molecule has 1 fully saturated rings. The van der Waals surface area contributed by atoms with E-state index in [1.165, 1.54) is 28.7 Å². The first-order valence-electron chi connectivity index (χ1n) is 8.38. The van der Waals surface area contributed by atoms with Crippen molar-refractivity contribution in [2.45, 2.75) is 45.4 Å². The van der Waals surface area contributed by atoms with Gasteiger partial charge in [0.15, 0.2) is 0 Å².